The number of aromatic nitrogens is 1. The van der Waals surface area contributed by atoms with Gasteiger partial charge in [0.25, 0.3) is 6.29 Å². The minimum atomic E-state index is -1.41. The van der Waals surface area contributed by atoms with Crippen LogP contribution in [0.3, 0.4) is 0 Å². The van der Waals surface area contributed by atoms with Gasteiger partial charge in [-0.05, 0) is 18.1 Å². The zero-order valence-corrected chi connectivity index (χ0v) is 22.7. The van der Waals surface area contributed by atoms with E-state index >= 15 is 0 Å². The maximum atomic E-state index is 12.1. The summed E-state index contributed by atoms with van der Waals surface area (Å²) in [6.07, 6.45) is -5.09. The number of hydrogen-bond acceptors (Lipinski definition) is 12. The fourth-order valence-corrected chi connectivity index (χ4v) is 4.26. The normalized spacial score (nSPS) is 22.1. The summed E-state index contributed by atoms with van der Waals surface area (Å²) in [7, 11) is 1.27. The van der Waals surface area contributed by atoms with Crippen molar-refractivity contribution in [1.29, 1.82) is 0 Å². The van der Waals surface area contributed by atoms with Gasteiger partial charge in [0, 0.05) is 45.8 Å². The van der Waals surface area contributed by atoms with Crippen molar-refractivity contribution < 1.29 is 57.2 Å². The maximum Gasteiger partial charge on any atom is 0.406 e. The van der Waals surface area contributed by atoms with Gasteiger partial charge in [0.1, 0.15) is 12.7 Å². The van der Waals surface area contributed by atoms with Crippen molar-refractivity contribution in [3.63, 3.8) is 0 Å². The second-order valence-corrected chi connectivity index (χ2v) is 8.84. The topological polar surface area (TPSA) is 167 Å². The van der Waals surface area contributed by atoms with E-state index in [0.29, 0.717) is 11.9 Å². The predicted molar refractivity (Wildman–Crippen MR) is 135 cm³/mol. The van der Waals surface area contributed by atoms with Crippen LogP contribution in [0.2, 0.25) is 0 Å². The number of carbonyl (C=O) groups is 5. The minimum absolute atomic E-state index is 0.278. The number of carbonyl (C=O) groups excluding carboxylic acids is 5. The smallest absolute Gasteiger partial charge is 0.406 e. The number of para-hydroxylation sites is 1. The average Bonchev–Trinajstić information content (AvgIpc) is 3.22. The number of fused-ring (bicyclic) bond motifs is 1. The Labute approximate surface area is 229 Å². The monoisotopic (exact) mass is 564 g/mol. The second kappa shape index (κ2) is 13.6. The third-order valence-corrected chi connectivity index (χ3v) is 5.78. The van der Waals surface area contributed by atoms with E-state index in [1.165, 1.54) is 18.8 Å². The average molecular weight is 565 g/mol. The van der Waals surface area contributed by atoms with Gasteiger partial charge < -0.3 is 38.6 Å². The van der Waals surface area contributed by atoms with Crippen LogP contribution in [0.1, 0.15) is 33.3 Å². The molecule has 1 amide bonds. The first-order chi connectivity index (χ1) is 19.0. The van der Waals surface area contributed by atoms with Crippen molar-refractivity contribution in [3.8, 4) is 0 Å². The number of ether oxygens (including phenoxy) is 6. The molecule has 3 rings (SSSR count). The van der Waals surface area contributed by atoms with Crippen LogP contribution in [0.5, 0.6) is 0 Å². The van der Waals surface area contributed by atoms with Gasteiger partial charge >= 0.3 is 30.0 Å². The lowest BCUT2D eigenvalue weighted by Gasteiger charge is -2.43. The Bertz CT molecular complexity index is 1240. The molecule has 1 saturated heterocycles. The molecule has 1 aromatic heterocycles. The number of amides is 1. The van der Waals surface area contributed by atoms with Crippen LogP contribution in [-0.4, -0.2) is 85.7 Å². The molecule has 40 heavy (non-hydrogen) atoms. The van der Waals surface area contributed by atoms with Gasteiger partial charge in [-0.3, -0.25) is 19.2 Å². The largest absolute Gasteiger partial charge is 0.463 e. The molecule has 5 atom stereocenters. The van der Waals surface area contributed by atoms with Crippen LogP contribution in [0.4, 0.5) is 4.79 Å². The highest BCUT2D eigenvalue weighted by Crippen LogP contribution is 2.30. The standard InChI is InChI=1S/C26H32N2O12/c1-14(29)35-13-21-22(36-15(2)30)23(37-16(3)31)24(38-17(4)32)25(39-21)40-28-12-18(10-11-27-26(33)34-5)19-8-6-7-9-20(19)28/h6-9,12,21-25H,10-11,13H2,1-5H3,(H,27,33)/t21-,22-,23+,24-,25+/m1/s1. The summed E-state index contributed by atoms with van der Waals surface area (Å²) in [4.78, 5) is 65.2. The molecule has 0 unspecified atom stereocenters. The molecule has 0 spiro atoms. The van der Waals surface area contributed by atoms with E-state index in [2.05, 4.69) is 10.1 Å². The minimum Gasteiger partial charge on any atom is -0.463 e. The molecule has 2 heterocycles. The molecular formula is C26H32N2O12. The van der Waals surface area contributed by atoms with Gasteiger partial charge in [0.15, 0.2) is 12.2 Å². The van der Waals surface area contributed by atoms with Gasteiger partial charge in [0.05, 0.1) is 12.6 Å². The summed E-state index contributed by atoms with van der Waals surface area (Å²) in [6, 6.07) is 7.25. The van der Waals surface area contributed by atoms with Crippen molar-refractivity contribution >= 4 is 40.9 Å². The van der Waals surface area contributed by atoms with Crippen molar-refractivity contribution in [3.05, 3.63) is 36.0 Å². The molecule has 1 N–H and O–H groups in total. The van der Waals surface area contributed by atoms with Crippen LogP contribution < -0.4 is 10.2 Å². The molecule has 1 aromatic carbocycles. The Morgan fingerprint density at radius 3 is 2.12 bits per heavy atom. The second-order valence-electron chi connectivity index (χ2n) is 8.84. The predicted octanol–water partition coefficient (Wildman–Crippen LogP) is 1.05. The number of alkyl carbamates (subject to hydrolysis) is 1. The number of methoxy groups -OCH3 is 1. The molecule has 218 valence electrons. The van der Waals surface area contributed by atoms with Crippen molar-refractivity contribution in [2.45, 2.75) is 64.8 Å². The Balaban J connectivity index is 2.00. The van der Waals surface area contributed by atoms with Crippen LogP contribution in [-0.2, 0) is 54.0 Å². The van der Waals surface area contributed by atoms with Crippen molar-refractivity contribution in [2.75, 3.05) is 20.3 Å². The van der Waals surface area contributed by atoms with Gasteiger partial charge in [-0.25, -0.2) is 4.79 Å². The van der Waals surface area contributed by atoms with E-state index < -0.39 is 60.7 Å². The maximum absolute atomic E-state index is 12.1. The molecule has 0 radical (unpaired) electrons. The number of nitrogens with zero attached hydrogens (tertiary/aromatic N) is 1. The number of nitrogens with one attached hydrogen (secondary N) is 1. The Morgan fingerprint density at radius 1 is 0.875 bits per heavy atom. The molecule has 1 fully saturated rings. The highest BCUT2D eigenvalue weighted by molar-refractivity contribution is 5.83. The van der Waals surface area contributed by atoms with E-state index in [0.717, 1.165) is 31.7 Å². The fraction of sp³-hybridized carbons (Fsp3) is 0.500. The summed E-state index contributed by atoms with van der Waals surface area (Å²) < 4.78 is 33.4. The van der Waals surface area contributed by atoms with Crippen LogP contribution >= 0.6 is 0 Å². The summed E-state index contributed by atoms with van der Waals surface area (Å²) >= 11 is 0. The third-order valence-electron chi connectivity index (χ3n) is 5.78. The first-order valence-electron chi connectivity index (χ1n) is 12.4. The summed E-state index contributed by atoms with van der Waals surface area (Å²) in [5, 5.41) is 3.42. The van der Waals surface area contributed by atoms with Crippen LogP contribution in [0, 0.1) is 0 Å². The van der Waals surface area contributed by atoms with Crippen molar-refractivity contribution in [2.24, 2.45) is 0 Å². The number of benzene rings is 1. The molecule has 2 aromatic rings. The zero-order valence-electron chi connectivity index (χ0n) is 22.7. The molecule has 1 aliphatic rings. The molecule has 0 aliphatic carbocycles. The molecule has 0 saturated carbocycles. The Hall–Kier alpha value is -4.33. The van der Waals surface area contributed by atoms with E-state index in [1.807, 2.05) is 12.1 Å². The first kappa shape index (κ1) is 30.2. The summed E-state index contributed by atoms with van der Waals surface area (Å²) in [6.45, 7) is 4.50. The van der Waals surface area contributed by atoms with Gasteiger partial charge in [-0.1, -0.05) is 18.2 Å². The summed E-state index contributed by atoms with van der Waals surface area (Å²) in [5.74, 6) is -2.86. The van der Waals surface area contributed by atoms with E-state index in [-0.39, 0.29) is 13.2 Å². The van der Waals surface area contributed by atoms with Crippen LogP contribution in [0.15, 0.2) is 30.5 Å². The van der Waals surface area contributed by atoms with Gasteiger partial charge in [0.2, 0.25) is 6.10 Å². The SMILES string of the molecule is COC(=O)NCCc1cn(O[C@@H]2O[C@H](COC(C)=O)[C@@H](OC(C)=O)[C@H](OC(C)=O)[C@H]2OC(C)=O)c2ccccc12. The molecule has 14 heteroatoms. The third kappa shape index (κ3) is 7.85. The highest BCUT2D eigenvalue weighted by Gasteiger charge is 2.53. The first-order valence-corrected chi connectivity index (χ1v) is 12.4. The van der Waals surface area contributed by atoms with E-state index in [4.69, 9.17) is 28.5 Å². The molecule has 1 aliphatic heterocycles. The lowest BCUT2D eigenvalue weighted by molar-refractivity contribution is -0.306. The fourth-order valence-electron chi connectivity index (χ4n) is 4.26. The molecule has 0 bridgehead atoms. The van der Waals surface area contributed by atoms with Crippen molar-refractivity contribution in [1.82, 2.24) is 10.0 Å². The Kier molecular flexibility index (Phi) is 10.3. The van der Waals surface area contributed by atoms with Gasteiger partial charge in [-0.2, -0.15) is 4.73 Å². The van der Waals surface area contributed by atoms with Gasteiger partial charge in [-0.15, -0.1) is 0 Å². The lowest BCUT2D eigenvalue weighted by atomic mass is 9.98. The molecular weight excluding hydrogens is 532 g/mol. The summed E-state index contributed by atoms with van der Waals surface area (Å²) in [5.41, 5.74) is 1.42. The van der Waals surface area contributed by atoms with Crippen LogP contribution in [0.25, 0.3) is 10.9 Å². The van der Waals surface area contributed by atoms with E-state index in [9.17, 15) is 24.0 Å². The highest BCUT2D eigenvalue weighted by atomic mass is 16.8. The lowest BCUT2D eigenvalue weighted by Crippen LogP contribution is -2.64. The Morgan fingerprint density at radius 2 is 1.50 bits per heavy atom. The number of rotatable bonds is 10. The zero-order chi connectivity index (χ0) is 29.4. The number of esters is 4. The number of hydrogen-bond donors (Lipinski definition) is 1. The molecule has 14 nitrogen and oxygen atoms in total. The quantitative estimate of drug-likeness (QED) is 0.322. The van der Waals surface area contributed by atoms with E-state index in [1.54, 1.807) is 18.3 Å².